The summed E-state index contributed by atoms with van der Waals surface area (Å²) in [5.41, 5.74) is -1.30. The first-order chi connectivity index (χ1) is 9.15. The number of aliphatic hydroxyl groups excluding tert-OH is 1. The van der Waals surface area contributed by atoms with Crippen LogP contribution >= 0.6 is 0 Å². The Morgan fingerprint density at radius 2 is 1.65 bits per heavy atom. The van der Waals surface area contributed by atoms with Crippen molar-refractivity contribution in [3.8, 4) is 0 Å². The molecule has 20 heavy (non-hydrogen) atoms. The molecule has 1 amide bonds. The normalized spacial score (nSPS) is 11.6. The molecule has 1 rings (SSSR count). The Morgan fingerprint density at radius 3 is 2.05 bits per heavy atom. The lowest BCUT2D eigenvalue weighted by atomic mass is 10.1. The molecule has 0 fully saturated rings. The summed E-state index contributed by atoms with van der Waals surface area (Å²) in [6.07, 6.45) is -4.81. The molecule has 0 saturated carbocycles. The molecule has 0 saturated heterocycles. The van der Waals surface area contributed by atoms with Crippen LogP contribution in [0.15, 0.2) is 12.1 Å². The van der Waals surface area contributed by atoms with Crippen LogP contribution in [0.4, 0.5) is 26.3 Å². The zero-order valence-electron chi connectivity index (χ0n) is 9.85. The molecule has 3 nitrogen and oxygen atoms in total. The van der Waals surface area contributed by atoms with E-state index in [1.165, 1.54) is 0 Å². The molecule has 1 aromatic rings. The number of amides is 1. The van der Waals surface area contributed by atoms with Crippen molar-refractivity contribution in [2.45, 2.75) is 6.18 Å². The summed E-state index contributed by atoms with van der Waals surface area (Å²) in [6, 6.07) is 0.363. The quantitative estimate of drug-likeness (QED) is 0.865. The first-order valence-electron chi connectivity index (χ1n) is 5.27. The van der Waals surface area contributed by atoms with Crippen molar-refractivity contribution in [1.82, 2.24) is 4.90 Å². The predicted molar refractivity (Wildman–Crippen MR) is 55.4 cm³/mol. The summed E-state index contributed by atoms with van der Waals surface area (Å²) in [6.45, 7) is -3.39. The van der Waals surface area contributed by atoms with E-state index in [0.717, 1.165) is 0 Å². The monoisotopic (exact) mass is 301 g/mol. The number of aliphatic hydroxyl groups is 1. The molecule has 0 bridgehead atoms. The summed E-state index contributed by atoms with van der Waals surface area (Å²) >= 11 is 0. The Hall–Kier alpha value is -1.77. The van der Waals surface area contributed by atoms with Gasteiger partial charge in [0.2, 0.25) is 0 Å². The van der Waals surface area contributed by atoms with Gasteiger partial charge >= 0.3 is 6.18 Å². The van der Waals surface area contributed by atoms with Gasteiger partial charge in [0.15, 0.2) is 0 Å². The number of rotatable bonds is 4. The molecule has 9 heteroatoms. The minimum Gasteiger partial charge on any atom is -0.395 e. The fourth-order valence-electron chi connectivity index (χ4n) is 1.49. The maximum Gasteiger partial charge on any atom is 0.406 e. The van der Waals surface area contributed by atoms with Crippen LogP contribution in [-0.4, -0.2) is 41.8 Å². The minimum atomic E-state index is -4.81. The second-order valence-corrected chi connectivity index (χ2v) is 3.81. The zero-order valence-corrected chi connectivity index (χ0v) is 9.85. The number of benzene rings is 1. The average Bonchev–Trinajstić information content (AvgIpc) is 2.24. The molecule has 1 N–H and O–H groups in total. The lowest BCUT2D eigenvalue weighted by Crippen LogP contribution is -2.41. The van der Waals surface area contributed by atoms with E-state index in [4.69, 9.17) is 5.11 Å². The number of hydrogen-bond acceptors (Lipinski definition) is 2. The van der Waals surface area contributed by atoms with Crippen molar-refractivity contribution in [3.05, 3.63) is 35.1 Å². The van der Waals surface area contributed by atoms with Gasteiger partial charge in [-0.2, -0.15) is 13.2 Å². The van der Waals surface area contributed by atoms with Crippen molar-refractivity contribution in [1.29, 1.82) is 0 Å². The van der Waals surface area contributed by atoms with Crippen molar-refractivity contribution in [2.24, 2.45) is 0 Å². The number of carbonyl (C=O) groups excluding carboxylic acids is 1. The number of nitrogens with zero attached hydrogens (tertiary/aromatic N) is 1. The number of hydrogen-bond donors (Lipinski definition) is 1. The Balaban J connectivity index is 3.13. The van der Waals surface area contributed by atoms with Gasteiger partial charge in [-0.3, -0.25) is 4.79 Å². The Kier molecular flexibility index (Phi) is 4.98. The maximum absolute atomic E-state index is 13.3. The third-order valence-electron chi connectivity index (χ3n) is 2.25. The van der Waals surface area contributed by atoms with Gasteiger partial charge in [0.25, 0.3) is 5.91 Å². The molecule has 0 aromatic heterocycles. The Bertz CT molecular complexity index is 479. The van der Waals surface area contributed by atoms with E-state index in [1.54, 1.807) is 0 Å². The standard InChI is InChI=1S/C11H9F6NO2/c12-6-3-7(13)9(8(14)4-6)10(20)18(1-2-19)5-11(15,16)17/h3-4,19H,1-2,5H2. The van der Waals surface area contributed by atoms with E-state index in [-0.39, 0.29) is 17.0 Å². The molecule has 0 aliphatic carbocycles. The molecule has 1 aromatic carbocycles. The summed E-state index contributed by atoms with van der Waals surface area (Å²) in [7, 11) is 0. The maximum atomic E-state index is 13.3. The third-order valence-corrected chi connectivity index (χ3v) is 2.25. The largest absolute Gasteiger partial charge is 0.406 e. The van der Waals surface area contributed by atoms with E-state index in [0.29, 0.717) is 0 Å². The van der Waals surface area contributed by atoms with E-state index in [2.05, 4.69) is 0 Å². The van der Waals surface area contributed by atoms with Crippen LogP contribution in [0.2, 0.25) is 0 Å². The highest BCUT2D eigenvalue weighted by atomic mass is 19.4. The van der Waals surface area contributed by atoms with E-state index < -0.39 is 54.8 Å². The van der Waals surface area contributed by atoms with Gasteiger partial charge < -0.3 is 10.0 Å². The third kappa shape index (κ3) is 4.12. The number of halogens is 6. The lowest BCUT2D eigenvalue weighted by molar-refractivity contribution is -0.141. The van der Waals surface area contributed by atoms with E-state index in [9.17, 15) is 31.1 Å². The second kappa shape index (κ2) is 6.12. The van der Waals surface area contributed by atoms with Crippen LogP contribution in [-0.2, 0) is 0 Å². The van der Waals surface area contributed by atoms with Crippen LogP contribution < -0.4 is 0 Å². The fourth-order valence-corrected chi connectivity index (χ4v) is 1.49. The van der Waals surface area contributed by atoms with Gasteiger partial charge in [-0.15, -0.1) is 0 Å². The minimum absolute atomic E-state index is 0.0272. The van der Waals surface area contributed by atoms with Gasteiger partial charge in [-0.25, -0.2) is 13.2 Å². The highest BCUT2D eigenvalue weighted by molar-refractivity contribution is 5.94. The summed E-state index contributed by atoms with van der Waals surface area (Å²) in [5, 5.41) is 8.60. The van der Waals surface area contributed by atoms with Crippen LogP contribution in [0, 0.1) is 17.5 Å². The highest BCUT2D eigenvalue weighted by Gasteiger charge is 2.34. The van der Waals surface area contributed by atoms with Crippen molar-refractivity contribution in [2.75, 3.05) is 19.7 Å². The molecular weight excluding hydrogens is 292 g/mol. The number of alkyl halides is 3. The van der Waals surface area contributed by atoms with E-state index >= 15 is 0 Å². The van der Waals surface area contributed by atoms with Crippen LogP contribution in [0.1, 0.15) is 10.4 Å². The zero-order chi connectivity index (χ0) is 15.5. The molecule has 0 radical (unpaired) electrons. The molecular formula is C11H9F6NO2. The lowest BCUT2D eigenvalue weighted by Gasteiger charge is -2.23. The summed E-state index contributed by atoms with van der Waals surface area (Å²) < 4.78 is 76.1. The van der Waals surface area contributed by atoms with Crippen molar-refractivity contribution < 1.29 is 36.2 Å². The van der Waals surface area contributed by atoms with Crippen LogP contribution in [0.5, 0.6) is 0 Å². The molecule has 112 valence electrons. The van der Waals surface area contributed by atoms with Gasteiger partial charge in [-0.05, 0) is 0 Å². The van der Waals surface area contributed by atoms with Gasteiger partial charge in [0.05, 0.1) is 6.61 Å². The second-order valence-electron chi connectivity index (χ2n) is 3.81. The SMILES string of the molecule is O=C(c1c(F)cc(F)cc1F)N(CCO)CC(F)(F)F. The van der Waals surface area contributed by atoms with Gasteiger partial charge in [0.1, 0.15) is 29.6 Å². The van der Waals surface area contributed by atoms with Gasteiger partial charge in [-0.1, -0.05) is 0 Å². The Morgan fingerprint density at radius 1 is 1.15 bits per heavy atom. The Labute approximate surface area is 109 Å². The topological polar surface area (TPSA) is 40.5 Å². The first-order valence-corrected chi connectivity index (χ1v) is 5.27. The fraction of sp³-hybridized carbons (Fsp3) is 0.364. The molecule has 0 heterocycles. The van der Waals surface area contributed by atoms with Crippen molar-refractivity contribution >= 4 is 5.91 Å². The molecule has 0 unspecified atom stereocenters. The molecule has 0 atom stereocenters. The van der Waals surface area contributed by atoms with E-state index in [1.807, 2.05) is 0 Å². The van der Waals surface area contributed by atoms with Gasteiger partial charge in [0, 0.05) is 18.7 Å². The molecule has 0 aliphatic heterocycles. The van der Waals surface area contributed by atoms with Crippen LogP contribution in [0.25, 0.3) is 0 Å². The number of carbonyl (C=O) groups is 1. The molecule has 0 aliphatic rings. The summed E-state index contributed by atoms with van der Waals surface area (Å²) in [5.74, 6) is -6.15. The van der Waals surface area contributed by atoms with Crippen LogP contribution in [0.3, 0.4) is 0 Å². The smallest absolute Gasteiger partial charge is 0.395 e. The summed E-state index contributed by atoms with van der Waals surface area (Å²) in [4.78, 5) is 11.7. The molecule has 0 spiro atoms. The highest BCUT2D eigenvalue weighted by Crippen LogP contribution is 2.21. The van der Waals surface area contributed by atoms with Crippen molar-refractivity contribution in [3.63, 3.8) is 0 Å². The predicted octanol–water partition coefficient (Wildman–Crippen LogP) is 2.10. The average molecular weight is 301 g/mol. The first kappa shape index (κ1) is 16.3.